The highest BCUT2D eigenvalue weighted by molar-refractivity contribution is 6.12. The van der Waals surface area contributed by atoms with Crippen LogP contribution in [0.3, 0.4) is 0 Å². The van der Waals surface area contributed by atoms with Crippen molar-refractivity contribution in [3.8, 4) is 33.4 Å². The summed E-state index contributed by atoms with van der Waals surface area (Å²) in [7, 11) is 0. The third kappa shape index (κ3) is 7.26. The highest BCUT2D eigenvalue weighted by atomic mass is 16.3. The van der Waals surface area contributed by atoms with Gasteiger partial charge in [0, 0.05) is 38.8 Å². The molecule has 5 heteroatoms. The fourth-order valence-corrected chi connectivity index (χ4v) is 9.88. The van der Waals surface area contributed by atoms with Crippen molar-refractivity contribution in [3.63, 3.8) is 0 Å². The van der Waals surface area contributed by atoms with E-state index >= 15 is 0 Å². The second-order valence-electron chi connectivity index (χ2n) is 17.3. The molecular formula is C62H47N3O2. The van der Waals surface area contributed by atoms with Crippen molar-refractivity contribution in [1.29, 1.82) is 0 Å². The fraction of sp³-hybridized carbons (Fsp3) is 0.0806. The SMILES string of the molecule is CCc1ccccc1-c1cc(N(c2ccc(-c3ccccc3)cc2)c2ccc3oc4ccc(C5=Nc6c(oc7ccccc67)C(c6ccc(-c7ccccc7)cc6)N5)cc4c3c2)ccc1CC. The van der Waals surface area contributed by atoms with E-state index in [-0.39, 0.29) is 6.04 Å². The monoisotopic (exact) mass is 865 g/mol. The fourth-order valence-electron chi connectivity index (χ4n) is 9.88. The van der Waals surface area contributed by atoms with Crippen LogP contribution in [-0.2, 0) is 12.8 Å². The normalized spacial score (nSPS) is 13.4. The quantitative estimate of drug-likeness (QED) is 0.149. The van der Waals surface area contributed by atoms with E-state index in [0.717, 1.165) is 91.2 Å². The van der Waals surface area contributed by atoms with Crippen LogP contribution < -0.4 is 10.2 Å². The zero-order valence-electron chi connectivity index (χ0n) is 37.4. The minimum atomic E-state index is -0.252. The van der Waals surface area contributed by atoms with Gasteiger partial charge in [0.1, 0.15) is 34.3 Å². The number of furan rings is 2. The molecule has 5 nitrogen and oxygen atoms in total. The average Bonchev–Trinajstić information content (AvgIpc) is 3.97. The minimum Gasteiger partial charge on any atom is -0.456 e. The number of hydrogen-bond acceptors (Lipinski definition) is 5. The Morgan fingerprint density at radius 1 is 0.433 bits per heavy atom. The zero-order valence-corrected chi connectivity index (χ0v) is 37.4. The molecule has 11 aromatic rings. The smallest absolute Gasteiger partial charge is 0.157 e. The number of nitrogens with zero attached hydrogens (tertiary/aromatic N) is 2. The Kier molecular flexibility index (Phi) is 10.1. The molecule has 0 radical (unpaired) electrons. The molecular weight excluding hydrogens is 819 g/mol. The summed E-state index contributed by atoms with van der Waals surface area (Å²) in [6.45, 7) is 4.48. The lowest BCUT2D eigenvalue weighted by Crippen LogP contribution is -2.32. The van der Waals surface area contributed by atoms with Crippen molar-refractivity contribution in [2.24, 2.45) is 4.99 Å². The standard InChI is InChI=1S/C62H47N3O2/c1-3-40-15-11-12-20-51(40)53-38-49(33-27-41(53)4-2)65(48-31-28-45(29-32-48)43-18-9-6-10-19-43)50-34-36-58-55(39-50)54-37-47(30-35-57(54)66-58)62-63-59(61-60(64-62)52-21-13-14-22-56(52)67-61)46-25-23-44(24-26-46)42-16-7-5-8-17-42/h5-39,59H,3-4H2,1-2H3,(H,63,64). The second kappa shape index (κ2) is 16.9. The van der Waals surface area contributed by atoms with Gasteiger partial charge >= 0.3 is 0 Å². The summed E-state index contributed by atoms with van der Waals surface area (Å²) in [6.07, 6.45) is 1.90. The van der Waals surface area contributed by atoms with Crippen LogP contribution in [0.1, 0.15) is 47.9 Å². The second-order valence-corrected chi connectivity index (χ2v) is 17.3. The van der Waals surface area contributed by atoms with E-state index in [2.05, 4.69) is 212 Å². The Morgan fingerprint density at radius 3 is 1.70 bits per heavy atom. The molecule has 0 amide bonds. The van der Waals surface area contributed by atoms with E-state index in [0.29, 0.717) is 0 Å². The molecule has 0 bridgehead atoms. The Balaban J connectivity index is 0.976. The topological polar surface area (TPSA) is 53.9 Å². The summed E-state index contributed by atoms with van der Waals surface area (Å²) in [5.74, 6) is 1.58. The molecule has 322 valence electrons. The van der Waals surface area contributed by atoms with Gasteiger partial charge in [-0.25, -0.2) is 4.99 Å². The number of benzene rings is 9. The lowest BCUT2D eigenvalue weighted by Gasteiger charge is -2.27. The zero-order chi connectivity index (χ0) is 44.8. The highest BCUT2D eigenvalue weighted by Crippen LogP contribution is 2.45. The highest BCUT2D eigenvalue weighted by Gasteiger charge is 2.30. The van der Waals surface area contributed by atoms with Gasteiger partial charge in [0.05, 0.1) is 0 Å². The molecule has 1 aliphatic heterocycles. The lowest BCUT2D eigenvalue weighted by atomic mass is 9.92. The van der Waals surface area contributed by atoms with Gasteiger partial charge in [-0.3, -0.25) is 0 Å². The van der Waals surface area contributed by atoms with Crippen LogP contribution in [0, 0.1) is 0 Å². The summed E-state index contributed by atoms with van der Waals surface area (Å²) < 4.78 is 13.2. The number of aryl methyl sites for hydroxylation is 2. The summed E-state index contributed by atoms with van der Waals surface area (Å²) >= 11 is 0. The van der Waals surface area contributed by atoms with E-state index < -0.39 is 0 Å². The molecule has 0 aliphatic carbocycles. The molecule has 0 saturated heterocycles. The Morgan fingerprint density at radius 2 is 0.970 bits per heavy atom. The first kappa shape index (κ1) is 40.1. The van der Waals surface area contributed by atoms with Gasteiger partial charge in [0.2, 0.25) is 0 Å². The Bertz CT molecular complexity index is 3620. The van der Waals surface area contributed by atoms with Crippen molar-refractivity contribution in [1.82, 2.24) is 5.32 Å². The minimum absolute atomic E-state index is 0.252. The summed E-state index contributed by atoms with van der Waals surface area (Å²) in [5.41, 5.74) is 18.5. The van der Waals surface area contributed by atoms with Gasteiger partial charge in [-0.1, -0.05) is 153 Å². The van der Waals surface area contributed by atoms with Crippen LogP contribution >= 0.6 is 0 Å². The maximum Gasteiger partial charge on any atom is 0.157 e. The Hall–Kier alpha value is -8.41. The van der Waals surface area contributed by atoms with Gasteiger partial charge in [-0.15, -0.1) is 0 Å². The number of para-hydroxylation sites is 1. The number of anilines is 3. The van der Waals surface area contributed by atoms with E-state index in [9.17, 15) is 0 Å². The summed E-state index contributed by atoms with van der Waals surface area (Å²) in [4.78, 5) is 7.68. The number of fused-ring (bicyclic) bond motifs is 6. The van der Waals surface area contributed by atoms with Gasteiger partial charge in [0.15, 0.2) is 5.76 Å². The summed E-state index contributed by atoms with van der Waals surface area (Å²) in [5, 5.41) is 6.85. The largest absolute Gasteiger partial charge is 0.456 e. The molecule has 0 saturated carbocycles. The molecule has 3 heterocycles. The molecule has 0 spiro atoms. The van der Waals surface area contributed by atoms with Crippen molar-refractivity contribution in [3.05, 3.63) is 240 Å². The maximum absolute atomic E-state index is 6.58. The first-order valence-electron chi connectivity index (χ1n) is 23.3. The van der Waals surface area contributed by atoms with Crippen LogP contribution in [0.25, 0.3) is 66.3 Å². The molecule has 1 N–H and O–H groups in total. The molecule has 1 atom stereocenters. The molecule has 2 aromatic heterocycles. The molecule has 9 aromatic carbocycles. The predicted molar refractivity (Wildman–Crippen MR) is 277 cm³/mol. The number of amidine groups is 1. The number of aliphatic imine (C=N–C) groups is 1. The van der Waals surface area contributed by atoms with Crippen LogP contribution in [-0.4, -0.2) is 5.84 Å². The van der Waals surface area contributed by atoms with Crippen molar-refractivity contribution in [2.45, 2.75) is 32.7 Å². The first-order chi connectivity index (χ1) is 33.1. The Labute approximate surface area is 390 Å². The molecule has 67 heavy (non-hydrogen) atoms. The number of nitrogens with one attached hydrogen (secondary N) is 1. The van der Waals surface area contributed by atoms with Crippen LogP contribution in [0.4, 0.5) is 22.7 Å². The summed E-state index contributed by atoms with van der Waals surface area (Å²) in [6, 6.07) is 75.3. The molecule has 1 aliphatic rings. The van der Waals surface area contributed by atoms with Gasteiger partial charge < -0.3 is 19.1 Å². The van der Waals surface area contributed by atoms with E-state index in [4.69, 9.17) is 13.8 Å². The van der Waals surface area contributed by atoms with E-state index in [1.807, 2.05) is 24.3 Å². The maximum atomic E-state index is 6.58. The van der Waals surface area contributed by atoms with E-state index in [1.165, 1.54) is 44.5 Å². The van der Waals surface area contributed by atoms with Crippen LogP contribution in [0.5, 0.6) is 0 Å². The lowest BCUT2D eigenvalue weighted by molar-refractivity contribution is 0.504. The number of rotatable bonds is 10. The van der Waals surface area contributed by atoms with Crippen LogP contribution in [0.2, 0.25) is 0 Å². The third-order valence-corrected chi connectivity index (χ3v) is 13.4. The van der Waals surface area contributed by atoms with Gasteiger partial charge in [0.25, 0.3) is 0 Å². The molecule has 0 fully saturated rings. The van der Waals surface area contributed by atoms with Crippen molar-refractivity contribution >= 4 is 61.5 Å². The van der Waals surface area contributed by atoms with E-state index in [1.54, 1.807) is 0 Å². The first-order valence-corrected chi connectivity index (χ1v) is 23.3. The van der Waals surface area contributed by atoms with Crippen LogP contribution in [0.15, 0.2) is 226 Å². The van der Waals surface area contributed by atoms with Crippen molar-refractivity contribution < 1.29 is 8.83 Å². The molecule has 1 unspecified atom stereocenters. The predicted octanol–water partition coefficient (Wildman–Crippen LogP) is 16.7. The van der Waals surface area contributed by atoms with Gasteiger partial charge in [-0.05, 0) is 136 Å². The van der Waals surface area contributed by atoms with Crippen molar-refractivity contribution in [2.75, 3.05) is 4.90 Å². The van der Waals surface area contributed by atoms with Gasteiger partial charge in [-0.2, -0.15) is 0 Å². The number of hydrogen-bond donors (Lipinski definition) is 1. The average molecular weight is 866 g/mol. The molecule has 12 rings (SSSR count). The third-order valence-electron chi connectivity index (χ3n) is 13.4.